The number of alkyl halides is 3. The lowest BCUT2D eigenvalue weighted by molar-refractivity contribution is -0.203. The van der Waals surface area contributed by atoms with Crippen molar-refractivity contribution in [3.8, 4) is 6.07 Å². The van der Waals surface area contributed by atoms with Gasteiger partial charge in [-0.2, -0.15) is 18.4 Å². The summed E-state index contributed by atoms with van der Waals surface area (Å²) in [6, 6.07) is 17.3. The smallest absolute Gasteiger partial charge is 0.458 e. The molecule has 4 rings (SSSR count). The summed E-state index contributed by atoms with van der Waals surface area (Å²) in [5, 5.41) is 9.00. The van der Waals surface area contributed by atoms with Crippen molar-refractivity contribution >= 4 is 5.97 Å². The molecule has 0 atom stereocenters. The van der Waals surface area contributed by atoms with Gasteiger partial charge in [-0.15, -0.1) is 0 Å². The molecule has 0 saturated carbocycles. The number of ether oxygens (including phenoxy) is 1. The second-order valence-corrected chi connectivity index (χ2v) is 9.77. The number of likely N-dealkylation sites (tertiary alicyclic amines) is 1. The Labute approximate surface area is 214 Å². The quantitative estimate of drug-likeness (QED) is 0.397. The Morgan fingerprint density at radius 1 is 1.11 bits per heavy atom. The van der Waals surface area contributed by atoms with E-state index in [9.17, 15) is 18.0 Å². The summed E-state index contributed by atoms with van der Waals surface area (Å²) in [5.41, 5.74) is 4.25. The largest absolute Gasteiger partial charge is 0.490 e. The number of nitriles is 1. The highest BCUT2D eigenvalue weighted by molar-refractivity contribution is 5.75. The van der Waals surface area contributed by atoms with Crippen LogP contribution < -0.4 is 0 Å². The Hall–Kier alpha value is -3.64. The molecule has 3 aromatic rings. The van der Waals surface area contributed by atoms with Gasteiger partial charge in [-0.25, -0.2) is 9.78 Å². The summed E-state index contributed by atoms with van der Waals surface area (Å²) in [6.45, 7) is 4.33. The van der Waals surface area contributed by atoms with E-state index in [1.165, 1.54) is 0 Å². The number of rotatable bonds is 8. The Morgan fingerprint density at radius 2 is 1.81 bits per heavy atom. The second kappa shape index (κ2) is 11.2. The first-order valence-corrected chi connectivity index (χ1v) is 12.2. The molecule has 6 nitrogen and oxygen atoms in total. The van der Waals surface area contributed by atoms with Crippen molar-refractivity contribution in [2.45, 2.75) is 45.5 Å². The standard InChI is InChI=1S/C28H29F3N4O2/c1-21-4-2-3-5-24(21)14-27(19-37-26(36)28(29,30)31)10-12-34(13-11-27)18-25-16-33-20-35(25)17-23-8-6-22(15-32)7-9-23/h2-9,16,20H,10-14,17-19H2,1H3. The van der Waals surface area contributed by atoms with Crippen molar-refractivity contribution in [1.82, 2.24) is 14.5 Å². The number of halogens is 3. The average molecular weight is 511 g/mol. The van der Waals surface area contributed by atoms with Crippen LogP contribution in [0.25, 0.3) is 0 Å². The zero-order valence-corrected chi connectivity index (χ0v) is 20.7. The first-order chi connectivity index (χ1) is 17.7. The monoisotopic (exact) mass is 510 g/mol. The molecule has 0 spiro atoms. The van der Waals surface area contributed by atoms with E-state index in [1.54, 1.807) is 18.5 Å². The molecule has 9 heteroatoms. The summed E-state index contributed by atoms with van der Waals surface area (Å²) in [5.74, 6) is -2.13. The zero-order valence-electron chi connectivity index (χ0n) is 20.7. The summed E-state index contributed by atoms with van der Waals surface area (Å²) in [4.78, 5) is 18.0. The maximum absolute atomic E-state index is 12.8. The van der Waals surface area contributed by atoms with E-state index < -0.39 is 17.6 Å². The van der Waals surface area contributed by atoms with E-state index in [0.717, 1.165) is 22.4 Å². The number of aryl methyl sites for hydroxylation is 1. The summed E-state index contributed by atoms with van der Waals surface area (Å²) < 4.78 is 45.3. The van der Waals surface area contributed by atoms with Crippen molar-refractivity contribution < 1.29 is 22.7 Å². The Kier molecular flexibility index (Phi) is 7.98. The third kappa shape index (κ3) is 6.77. The maximum atomic E-state index is 12.8. The van der Waals surface area contributed by atoms with E-state index in [1.807, 2.05) is 49.5 Å². The molecule has 1 fully saturated rings. The van der Waals surface area contributed by atoms with Gasteiger partial charge in [0.1, 0.15) is 0 Å². The molecule has 0 N–H and O–H groups in total. The minimum absolute atomic E-state index is 0.260. The van der Waals surface area contributed by atoms with Crippen molar-refractivity contribution in [2.75, 3.05) is 19.7 Å². The van der Waals surface area contributed by atoms with E-state index in [-0.39, 0.29) is 6.61 Å². The fraction of sp³-hybridized carbons (Fsp3) is 0.393. The first kappa shape index (κ1) is 26.4. The van der Waals surface area contributed by atoms with Gasteiger partial charge < -0.3 is 9.30 Å². The van der Waals surface area contributed by atoms with Gasteiger partial charge in [-0.3, -0.25) is 4.90 Å². The predicted molar refractivity (Wildman–Crippen MR) is 131 cm³/mol. The summed E-state index contributed by atoms with van der Waals surface area (Å²) in [6.07, 6.45) is 0.361. The Balaban J connectivity index is 1.42. The molecule has 194 valence electrons. The summed E-state index contributed by atoms with van der Waals surface area (Å²) in [7, 11) is 0. The Bertz CT molecular complexity index is 1250. The van der Waals surface area contributed by atoms with Crippen LogP contribution in [0, 0.1) is 23.7 Å². The van der Waals surface area contributed by atoms with Gasteiger partial charge >= 0.3 is 12.1 Å². The highest BCUT2D eigenvalue weighted by Gasteiger charge is 2.44. The van der Waals surface area contributed by atoms with Crippen LogP contribution in [0.15, 0.2) is 61.1 Å². The van der Waals surface area contributed by atoms with Crippen LogP contribution in [0.3, 0.4) is 0 Å². The molecular weight excluding hydrogens is 481 g/mol. The van der Waals surface area contributed by atoms with Crippen LogP contribution in [0.5, 0.6) is 0 Å². The topological polar surface area (TPSA) is 71.2 Å². The van der Waals surface area contributed by atoms with Gasteiger partial charge in [0.2, 0.25) is 0 Å². The van der Waals surface area contributed by atoms with Gasteiger partial charge in [-0.05, 0) is 68.1 Å². The van der Waals surface area contributed by atoms with Gasteiger partial charge in [0.15, 0.2) is 0 Å². The zero-order chi connectivity index (χ0) is 26.5. The molecule has 1 aliphatic heterocycles. The van der Waals surface area contributed by atoms with Crippen molar-refractivity contribution in [2.24, 2.45) is 5.41 Å². The SMILES string of the molecule is Cc1ccccc1CC1(COC(=O)C(F)(F)F)CCN(Cc2cncn2Cc2ccc(C#N)cc2)CC1. The number of nitrogens with zero attached hydrogens (tertiary/aromatic N) is 4. The maximum Gasteiger partial charge on any atom is 0.490 e. The third-order valence-corrected chi connectivity index (χ3v) is 7.10. The molecular formula is C28H29F3N4O2. The molecule has 0 bridgehead atoms. The molecule has 37 heavy (non-hydrogen) atoms. The van der Waals surface area contributed by atoms with E-state index in [4.69, 9.17) is 10.00 Å². The van der Waals surface area contributed by atoms with Crippen molar-refractivity contribution in [3.05, 3.63) is 89.0 Å². The lowest BCUT2D eigenvalue weighted by Gasteiger charge is -2.42. The van der Waals surface area contributed by atoms with E-state index in [2.05, 4.69) is 20.5 Å². The molecule has 1 aliphatic rings. The molecule has 2 heterocycles. The number of benzene rings is 2. The molecule has 0 unspecified atom stereocenters. The Morgan fingerprint density at radius 3 is 2.46 bits per heavy atom. The molecule has 0 amide bonds. The van der Waals surface area contributed by atoms with Gasteiger partial charge in [-0.1, -0.05) is 36.4 Å². The minimum Gasteiger partial charge on any atom is -0.458 e. The van der Waals surface area contributed by atoms with Gasteiger partial charge in [0.05, 0.1) is 30.3 Å². The number of aromatic nitrogens is 2. The highest BCUT2D eigenvalue weighted by Crippen LogP contribution is 2.37. The molecule has 1 aromatic heterocycles. The lowest BCUT2D eigenvalue weighted by atomic mass is 9.73. The van der Waals surface area contributed by atoms with Crippen LogP contribution in [-0.4, -0.2) is 46.3 Å². The number of carbonyl (C=O) groups is 1. The van der Waals surface area contributed by atoms with E-state index >= 15 is 0 Å². The fourth-order valence-corrected chi connectivity index (χ4v) is 4.80. The molecule has 1 saturated heterocycles. The number of carbonyl (C=O) groups excluding carboxylic acids is 1. The van der Waals surface area contributed by atoms with Crippen molar-refractivity contribution in [1.29, 1.82) is 5.26 Å². The van der Waals surface area contributed by atoms with Crippen molar-refractivity contribution in [3.63, 3.8) is 0 Å². The van der Waals surface area contributed by atoms with E-state index in [0.29, 0.717) is 51.0 Å². The lowest BCUT2D eigenvalue weighted by Crippen LogP contribution is -2.44. The second-order valence-electron chi connectivity index (χ2n) is 9.77. The van der Waals surface area contributed by atoms with Crippen LogP contribution >= 0.6 is 0 Å². The number of imidazole rings is 1. The van der Waals surface area contributed by atoms with Gasteiger partial charge in [0.25, 0.3) is 0 Å². The van der Waals surface area contributed by atoms with Crippen LogP contribution in [0.4, 0.5) is 13.2 Å². The van der Waals surface area contributed by atoms with Gasteiger partial charge in [0, 0.05) is 24.7 Å². The highest BCUT2D eigenvalue weighted by atomic mass is 19.4. The minimum atomic E-state index is -5.00. The third-order valence-electron chi connectivity index (χ3n) is 7.10. The molecule has 0 aliphatic carbocycles. The number of hydrogen-bond acceptors (Lipinski definition) is 5. The van der Waals surface area contributed by atoms with Crippen LogP contribution in [-0.2, 0) is 29.0 Å². The predicted octanol–water partition coefficient (Wildman–Crippen LogP) is 5.04. The fourth-order valence-electron chi connectivity index (χ4n) is 4.80. The molecule has 0 radical (unpaired) electrons. The number of piperidine rings is 1. The molecule has 2 aromatic carbocycles. The number of hydrogen-bond donors (Lipinski definition) is 0. The van der Waals surface area contributed by atoms with Crippen LogP contribution in [0.2, 0.25) is 0 Å². The first-order valence-electron chi connectivity index (χ1n) is 12.2. The average Bonchev–Trinajstić information content (AvgIpc) is 3.31. The normalized spacial score (nSPS) is 15.8. The number of esters is 1. The summed E-state index contributed by atoms with van der Waals surface area (Å²) >= 11 is 0. The van der Waals surface area contributed by atoms with Crippen LogP contribution in [0.1, 0.15) is 40.8 Å².